The van der Waals surface area contributed by atoms with Gasteiger partial charge in [0, 0.05) is 18.3 Å². The van der Waals surface area contributed by atoms with Crippen molar-refractivity contribution in [3.8, 4) is 16.4 Å². The number of carbonyl (C=O) groups excluding carboxylic acids is 1. The topological polar surface area (TPSA) is 51.0 Å². The molecule has 1 amide bonds. The van der Waals surface area contributed by atoms with Crippen molar-refractivity contribution in [3.05, 3.63) is 71.3 Å². The molecule has 5 rings (SSSR count). The summed E-state index contributed by atoms with van der Waals surface area (Å²) in [4.78, 5) is 20.5. The molecule has 36 heavy (non-hydrogen) atoms. The van der Waals surface area contributed by atoms with Crippen LogP contribution in [0.2, 0.25) is 0 Å². The fraction of sp³-hybridized carbons (Fsp3) is 0.286. The van der Waals surface area contributed by atoms with Gasteiger partial charge in [-0.1, -0.05) is 93.3 Å². The molecular formula is C28H28N4OS3. The first-order valence-electron chi connectivity index (χ1n) is 12.4. The number of carbonyl (C=O) groups is 1. The van der Waals surface area contributed by atoms with E-state index in [1.54, 1.807) is 16.2 Å². The summed E-state index contributed by atoms with van der Waals surface area (Å²) in [5.41, 5.74) is 3.53. The Morgan fingerprint density at radius 2 is 1.72 bits per heavy atom. The maximum atomic E-state index is 13.3. The van der Waals surface area contributed by atoms with E-state index in [1.165, 1.54) is 37.4 Å². The number of amides is 1. The van der Waals surface area contributed by atoms with Crippen molar-refractivity contribution >= 4 is 61.8 Å². The van der Waals surface area contributed by atoms with Crippen LogP contribution in [0.4, 0.5) is 0 Å². The lowest BCUT2D eigenvalue weighted by Crippen LogP contribution is -2.29. The van der Waals surface area contributed by atoms with Crippen LogP contribution in [0, 0.1) is 0 Å². The Morgan fingerprint density at radius 1 is 0.972 bits per heavy atom. The van der Waals surface area contributed by atoms with Gasteiger partial charge in [-0.05, 0) is 36.8 Å². The van der Waals surface area contributed by atoms with Crippen LogP contribution in [0.15, 0.2) is 65.7 Å². The molecule has 2 aromatic heterocycles. The Morgan fingerprint density at radius 3 is 2.53 bits per heavy atom. The number of hydrogen-bond acceptors (Lipinski definition) is 6. The van der Waals surface area contributed by atoms with Crippen LogP contribution in [0.25, 0.3) is 32.7 Å². The van der Waals surface area contributed by atoms with E-state index in [-0.39, 0.29) is 5.91 Å². The molecule has 0 N–H and O–H groups in total. The van der Waals surface area contributed by atoms with Crippen LogP contribution in [-0.4, -0.2) is 36.4 Å². The molecule has 0 bridgehead atoms. The van der Waals surface area contributed by atoms with Gasteiger partial charge in [0.2, 0.25) is 0 Å². The minimum atomic E-state index is -0.0127. The first-order valence-corrected chi connectivity index (χ1v) is 14.4. The number of thioether (sulfide) groups is 1. The van der Waals surface area contributed by atoms with E-state index < -0.39 is 0 Å². The van der Waals surface area contributed by atoms with Crippen LogP contribution < -0.4 is 0 Å². The van der Waals surface area contributed by atoms with Crippen molar-refractivity contribution in [1.82, 2.24) is 19.7 Å². The van der Waals surface area contributed by atoms with Gasteiger partial charge in [0.15, 0.2) is 0 Å². The smallest absolute Gasteiger partial charge is 0.266 e. The monoisotopic (exact) mass is 532 g/mol. The highest BCUT2D eigenvalue weighted by atomic mass is 32.2. The van der Waals surface area contributed by atoms with Gasteiger partial charge in [0.25, 0.3) is 5.91 Å². The predicted molar refractivity (Wildman–Crippen MR) is 155 cm³/mol. The fourth-order valence-corrected chi connectivity index (χ4v) is 6.50. The highest BCUT2D eigenvalue weighted by Gasteiger charge is 2.32. The molecule has 8 heteroatoms. The number of unbranched alkanes of at least 4 members (excludes halogenated alkanes) is 5. The zero-order chi connectivity index (χ0) is 24.9. The van der Waals surface area contributed by atoms with Crippen LogP contribution in [0.3, 0.4) is 0 Å². The quantitative estimate of drug-likeness (QED) is 0.119. The number of thiazole rings is 1. The number of nitrogens with zero attached hydrogens (tertiary/aromatic N) is 4. The normalized spacial score (nSPS) is 15.0. The van der Waals surface area contributed by atoms with E-state index >= 15 is 0 Å². The first-order chi connectivity index (χ1) is 17.6. The summed E-state index contributed by atoms with van der Waals surface area (Å²) < 4.78 is 3.60. The Balaban J connectivity index is 1.43. The second kappa shape index (κ2) is 11.5. The van der Waals surface area contributed by atoms with Crippen molar-refractivity contribution in [2.45, 2.75) is 45.4 Å². The van der Waals surface area contributed by atoms with Gasteiger partial charge in [-0.2, -0.15) is 5.10 Å². The maximum absolute atomic E-state index is 13.3. The fourth-order valence-electron chi connectivity index (χ4n) is 4.23. The molecule has 2 aromatic carbocycles. The average Bonchev–Trinajstić information content (AvgIpc) is 3.58. The lowest BCUT2D eigenvalue weighted by Gasteiger charge is -2.13. The third-order valence-electron chi connectivity index (χ3n) is 6.16. The second-order valence-electron chi connectivity index (χ2n) is 8.80. The zero-order valence-electron chi connectivity index (χ0n) is 20.2. The lowest BCUT2D eigenvalue weighted by molar-refractivity contribution is -0.122. The minimum absolute atomic E-state index is 0.0127. The molecule has 0 radical (unpaired) electrons. The number of aromatic nitrogens is 3. The molecule has 0 spiro atoms. The summed E-state index contributed by atoms with van der Waals surface area (Å²) in [6, 6.07) is 18.1. The number of rotatable bonds is 10. The summed E-state index contributed by atoms with van der Waals surface area (Å²) in [5.74, 6) is -0.0127. The van der Waals surface area contributed by atoms with Crippen LogP contribution >= 0.6 is 35.3 Å². The SMILES string of the molecule is CCCCCCCCN1C(=O)C(=Cc2cn(-c3ccccc3)nc2-c2nc3ccccc3s2)SC1=S. The largest absolute Gasteiger partial charge is 0.293 e. The molecule has 3 heterocycles. The number of fused-ring (bicyclic) bond motifs is 1. The molecule has 1 saturated heterocycles. The van der Waals surface area contributed by atoms with Gasteiger partial charge in [-0.3, -0.25) is 9.69 Å². The molecule has 0 aliphatic carbocycles. The lowest BCUT2D eigenvalue weighted by atomic mass is 10.1. The molecule has 5 nitrogen and oxygen atoms in total. The highest BCUT2D eigenvalue weighted by Crippen LogP contribution is 2.37. The van der Waals surface area contributed by atoms with Gasteiger partial charge >= 0.3 is 0 Å². The molecule has 0 atom stereocenters. The van der Waals surface area contributed by atoms with E-state index in [0.717, 1.165) is 45.0 Å². The van der Waals surface area contributed by atoms with Crippen molar-refractivity contribution < 1.29 is 4.79 Å². The van der Waals surface area contributed by atoms with E-state index in [0.29, 0.717) is 15.8 Å². The van der Waals surface area contributed by atoms with Crippen LogP contribution in [0.1, 0.15) is 51.0 Å². The summed E-state index contributed by atoms with van der Waals surface area (Å²) >= 11 is 8.56. The number of hydrogen-bond donors (Lipinski definition) is 0. The van der Waals surface area contributed by atoms with Crippen molar-refractivity contribution in [1.29, 1.82) is 0 Å². The summed E-state index contributed by atoms with van der Waals surface area (Å²) in [6.45, 7) is 2.90. The molecule has 184 valence electrons. The molecule has 0 saturated carbocycles. The van der Waals surface area contributed by atoms with Gasteiger partial charge in [0.05, 0.1) is 20.8 Å². The molecular weight excluding hydrogens is 505 g/mol. The van der Waals surface area contributed by atoms with Gasteiger partial charge in [-0.15, -0.1) is 11.3 Å². The van der Waals surface area contributed by atoms with E-state index in [2.05, 4.69) is 13.0 Å². The number of benzene rings is 2. The Bertz CT molecular complexity index is 1370. The van der Waals surface area contributed by atoms with Crippen molar-refractivity contribution in [2.24, 2.45) is 0 Å². The molecule has 0 unspecified atom stereocenters. The van der Waals surface area contributed by atoms with Gasteiger partial charge in [0.1, 0.15) is 15.0 Å². The molecule has 4 aromatic rings. The summed E-state index contributed by atoms with van der Waals surface area (Å²) in [7, 11) is 0. The van der Waals surface area contributed by atoms with Crippen molar-refractivity contribution in [2.75, 3.05) is 6.54 Å². The van der Waals surface area contributed by atoms with Gasteiger partial charge < -0.3 is 0 Å². The Kier molecular flexibility index (Phi) is 7.94. The Hall–Kier alpha value is -2.81. The maximum Gasteiger partial charge on any atom is 0.266 e. The van der Waals surface area contributed by atoms with Crippen LogP contribution in [0.5, 0.6) is 0 Å². The summed E-state index contributed by atoms with van der Waals surface area (Å²) in [5, 5.41) is 5.72. The number of para-hydroxylation sites is 2. The van der Waals surface area contributed by atoms with E-state index in [9.17, 15) is 4.79 Å². The molecule has 1 fully saturated rings. The summed E-state index contributed by atoms with van der Waals surface area (Å²) in [6.07, 6.45) is 11.0. The Labute approximate surface area is 225 Å². The average molecular weight is 533 g/mol. The zero-order valence-corrected chi connectivity index (χ0v) is 22.7. The molecule has 1 aliphatic heterocycles. The van der Waals surface area contributed by atoms with Gasteiger partial charge in [-0.25, -0.2) is 9.67 Å². The van der Waals surface area contributed by atoms with E-state index in [1.807, 2.05) is 65.5 Å². The minimum Gasteiger partial charge on any atom is -0.293 e. The highest BCUT2D eigenvalue weighted by molar-refractivity contribution is 8.26. The standard InChI is InChI=1S/C28H28N4OS3/c1-2-3-4-5-6-12-17-31-27(33)24(36-28(31)34)18-20-19-32(21-13-8-7-9-14-21)30-25(20)26-29-22-15-10-11-16-23(22)35-26/h7-11,13-16,18-19H,2-6,12,17H2,1H3. The third-order valence-corrected chi connectivity index (χ3v) is 8.58. The molecule has 1 aliphatic rings. The van der Waals surface area contributed by atoms with Crippen molar-refractivity contribution in [3.63, 3.8) is 0 Å². The first kappa shape index (κ1) is 24.9. The second-order valence-corrected chi connectivity index (χ2v) is 11.5. The van der Waals surface area contributed by atoms with Crippen LogP contribution in [-0.2, 0) is 4.79 Å². The third kappa shape index (κ3) is 5.45. The van der Waals surface area contributed by atoms with E-state index in [4.69, 9.17) is 22.3 Å². The number of thiocarbonyl (C=S) groups is 1. The predicted octanol–water partition coefficient (Wildman–Crippen LogP) is 7.71.